The van der Waals surface area contributed by atoms with Gasteiger partial charge >= 0.3 is 0 Å². The molecule has 0 spiro atoms. The van der Waals surface area contributed by atoms with Crippen LogP contribution in [0.4, 0.5) is 5.69 Å². The second-order valence-corrected chi connectivity index (χ2v) is 7.30. The Labute approximate surface area is 122 Å². The Balaban J connectivity index is 3.15. The lowest BCUT2D eigenvalue weighted by Crippen LogP contribution is -2.34. The van der Waals surface area contributed by atoms with E-state index in [0.717, 1.165) is 16.8 Å². The van der Waals surface area contributed by atoms with E-state index in [0.29, 0.717) is 18.0 Å². The number of hydrogen-bond donors (Lipinski definition) is 1. The Kier molecular flexibility index (Phi) is 5.56. The summed E-state index contributed by atoms with van der Waals surface area (Å²) in [5.41, 5.74) is 2.46. The molecule has 0 amide bonds. The minimum Gasteiger partial charge on any atom is -0.388 e. The van der Waals surface area contributed by atoms with Crippen LogP contribution in [-0.2, 0) is 10.0 Å². The smallest absolute Gasteiger partial charge is 0.243 e. The van der Waals surface area contributed by atoms with Crippen LogP contribution in [0.25, 0.3) is 0 Å². The van der Waals surface area contributed by atoms with E-state index >= 15 is 0 Å². The van der Waals surface area contributed by atoms with Crippen LogP contribution in [-0.4, -0.2) is 58.9 Å². The van der Waals surface area contributed by atoms with E-state index in [9.17, 15) is 8.42 Å². The number of hydrogen-bond acceptors (Lipinski definition) is 4. The van der Waals surface area contributed by atoms with Crippen molar-refractivity contribution in [1.82, 2.24) is 9.21 Å². The van der Waals surface area contributed by atoms with Crippen molar-refractivity contribution in [1.29, 1.82) is 0 Å². The number of nitrogens with one attached hydrogen (secondary N) is 1. The van der Waals surface area contributed by atoms with Gasteiger partial charge in [-0.25, -0.2) is 8.42 Å². The molecular formula is C14H25N3O2S. The summed E-state index contributed by atoms with van der Waals surface area (Å²) in [6.07, 6.45) is 0. The lowest BCUT2D eigenvalue weighted by molar-refractivity contribution is 0.358. The Bertz CT molecular complexity index is 545. The highest BCUT2D eigenvalue weighted by Gasteiger charge is 2.24. The van der Waals surface area contributed by atoms with Gasteiger partial charge in [-0.2, -0.15) is 4.31 Å². The lowest BCUT2D eigenvalue weighted by Gasteiger charge is -2.22. The Morgan fingerprint density at radius 3 is 1.95 bits per heavy atom. The minimum absolute atomic E-state index is 0.415. The number of aryl methyl sites for hydroxylation is 2. The summed E-state index contributed by atoms with van der Waals surface area (Å²) in [7, 11) is 3.87. The SMILES string of the molecule is CNc1cc(C)c(S(=O)(=O)N(C)CCN(C)C)c(C)c1. The van der Waals surface area contributed by atoms with Crippen LogP contribution in [0.1, 0.15) is 11.1 Å². The van der Waals surface area contributed by atoms with Gasteiger partial charge in [0.15, 0.2) is 0 Å². The number of benzene rings is 1. The molecule has 0 aromatic heterocycles. The topological polar surface area (TPSA) is 52.7 Å². The third-order valence-electron chi connectivity index (χ3n) is 3.28. The van der Waals surface area contributed by atoms with Gasteiger partial charge in [0, 0.05) is 32.9 Å². The Morgan fingerprint density at radius 2 is 1.55 bits per heavy atom. The molecule has 0 aliphatic carbocycles. The van der Waals surface area contributed by atoms with E-state index in [4.69, 9.17) is 0 Å². The van der Waals surface area contributed by atoms with Crippen molar-refractivity contribution in [3.63, 3.8) is 0 Å². The van der Waals surface area contributed by atoms with Crippen LogP contribution in [0.5, 0.6) is 0 Å². The summed E-state index contributed by atoms with van der Waals surface area (Å²) in [5.74, 6) is 0. The van der Waals surface area contributed by atoms with Crippen LogP contribution < -0.4 is 5.32 Å². The first-order valence-electron chi connectivity index (χ1n) is 6.60. The van der Waals surface area contributed by atoms with Crippen molar-refractivity contribution in [2.45, 2.75) is 18.7 Å². The first-order chi connectivity index (χ1) is 9.20. The largest absolute Gasteiger partial charge is 0.388 e. The zero-order valence-corrected chi connectivity index (χ0v) is 14.0. The van der Waals surface area contributed by atoms with E-state index in [1.165, 1.54) is 4.31 Å². The molecule has 1 N–H and O–H groups in total. The predicted octanol–water partition coefficient (Wildman–Crippen LogP) is 1.53. The summed E-state index contributed by atoms with van der Waals surface area (Å²) in [4.78, 5) is 2.38. The van der Waals surface area contributed by atoms with E-state index in [-0.39, 0.29) is 0 Å². The fourth-order valence-electron chi connectivity index (χ4n) is 2.12. The molecule has 20 heavy (non-hydrogen) atoms. The molecule has 5 nitrogen and oxygen atoms in total. The van der Waals surface area contributed by atoms with E-state index < -0.39 is 10.0 Å². The Morgan fingerprint density at radius 1 is 1.05 bits per heavy atom. The highest BCUT2D eigenvalue weighted by molar-refractivity contribution is 7.89. The zero-order chi connectivity index (χ0) is 15.5. The molecule has 0 aliphatic heterocycles. The average Bonchev–Trinajstić information content (AvgIpc) is 2.34. The molecule has 0 saturated heterocycles. The number of sulfonamides is 1. The maximum atomic E-state index is 12.7. The Hall–Kier alpha value is -1.11. The van der Waals surface area contributed by atoms with Crippen LogP contribution in [0.15, 0.2) is 17.0 Å². The molecule has 0 heterocycles. The normalized spacial score (nSPS) is 12.2. The fraction of sp³-hybridized carbons (Fsp3) is 0.571. The molecule has 0 aliphatic rings. The molecule has 0 bridgehead atoms. The molecule has 114 valence electrons. The van der Waals surface area contributed by atoms with Gasteiger partial charge in [0.05, 0.1) is 4.90 Å². The maximum Gasteiger partial charge on any atom is 0.243 e. The van der Waals surface area contributed by atoms with E-state index in [1.807, 2.05) is 52.0 Å². The first-order valence-corrected chi connectivity index (χ1v) is 8.04. The number of likely N-dealkylation sites (N-methyl/N-ethyl adjacent to an activating group) is 2. The van der Waals surface area contributed by atoms with Gasteiger partial charge in [0.1, 0.15) is 0 Å². The molecule has 1 aromatic rings. The monoisotopic (exact) mass is 299 g/mol. The molecule has 6 heteroatoms. The first kappa shape index (κ1) is 16.9. The van der Waals surface area contributed by atoms with Crippen molar-refractivity contribution in [3.8, 4) is 0 Å². The highest BCUT2D eigenvalue weighted by Crippen LogP contribution is 2.26. The van der Waals surface area contributed by atoms with Crippen molar-refractivity contribution in [3.05, 3.63) is 23.3 Å². The quantitative estimate of drug-likeness (QED) is 0.865. The van der Waals surface area contributed by atoms with Crippen LogP contribution in [0.3, 0.4) is 0 Å². The average molecular weight is 299 g/mol. The molecule has 1 rings (SSSR count). The minimum atomic E-state index is -3.44. The van der Waals surface area contributed by atoms with Gasteiger partial charge in [0.25, 0.3) is 0 Å². The van der Waals surface area contributed by atoms with Gasteiger partial charge in [-0.3, -0.25) is 0 Å². The summed E-state index contributed by atoms with van der Waals surface area (Å²) < 4.78 is 26.8. The van der Waals surface area contributed by atoms with Gasteiger partial charge < -0.3 is 10.2 Å². The molecule has 0 radical (unpaired) electrons. The standard InChI is InChI=1S/C14H25N3O2S/c1-11-9-13(15-3)10-12(2)14(11)20(18,19)17(6)8-7-16(4)5/h9-10,15H,7-8H2,1-6H3. The van der Waals surface area contributed by atoms with Crippen LogP contribution in [0.2, 0.25) is 0 Å². The van der Waals surface area contributed by atoms with Gasteiger partial charge in [0.2, 0.25) is 10.0 Å². The van der Waals surface area contributed by atoms with Crippen molar-refractivity contribution < 1.29 is 8.42 Å². The summed E-state index contributed by atoms with van der Waals surface area (Å²) in [5, 5.41) is 3.04. The second kappa shape index (κ2) is 6.56. The van der Waals surface area contributed by atoms with Crippen molar-refractivity contribution in [2.24, 2.45) is 0 Å². The van der Waals surface area contributed by atoms with E-state index in [2.05, 4.69) is 5.32 Å². The van der Waals surface area contributed by atoms with Crippen molar-refractivity contribution in [2.75, 3.05) is 46.6 Å². The van der Waals surface area contributed by atoms with Crippen LogP contribution >= 0.6 is 0 Å². The number of rotatable bonds is 6. The second-order valence-electron chi connectivity index (χ2n) is 5.32. The fourth-order valence-corrected chi connectivity index (χ4v) is 3.68. The molecule has 0 unspecified atom stereocenters. The maximum absolute atomic E-state index is 12.7. The lowest BCUT2D eigenvalue weighted by atomic mass is 10.1. The van der Waals surface area contributed by atoms with Crippen LogP contribution in [0, 0.1) is 13.8 Å². The third kappa shape index (κ3) is 3.71. The highest BCUT2D eigenvalue weighted by atomic mass is 32.2. The van der Waals surface area contributed by atoms with Gasteiger partial charge in [-0.15, -0.1) is 0 Å². The molecule has 1 aromatic carbocycles. The molecular weight excluding hydrogens is 274 g/mol. The van der Waals surface area contributed by atoms with Gasteiger partial charge in [-0.05, 0) is 51.2 Å². The van der Waals surface area contributed by atoms with Crippen molar-refractivity contribution >= 4 is 15.7 Å². The summed E-state index contributed by atoms with van der Waals surface area (Å²) >= 11 is 0. The summed E-state index contributed by atoms with van der Waals surface area (Å²) in [6, 6.07) is 3.72. The zero-order valence-electron chi connectivity index (χ0n) is 13.2. The van der Waals surface area contributed by atoms with E-state index in [1.54, 1.807) is 7.05 Å². The molecule has 0 fully saturated rings. The molecule has 0 saturated carbocycles. The third-order valence-corrected chi connectivity index (χ3v) is 5.44. The number of anilines is 1. The number of nitrogens with zero attached hydrogens (tertiary/aromatic N) is 2. The predicted molar refractivity (Wildman–Crippen MR) is 83.8 cm³/mol. The molecule has 0 atom stereocenters. The summed E-state index contributed by atoms with van der Waals surface area (Å²) in [6.45, 7) is 4.84. The van der Waals surface area contributed by atoms with Gasteiger partial charge in [-0.1, -0.05) is 0 Å².